The number of likely N-dealkylation sites (tertiary alicyclic amines) is 1. The highest BCUT2D eigenvalue weighted by Crippen LogP contribution is 2.12. The van der Waals surface area contributed by atoms with Gasteiger partial charge in [0.25, 0.3) is 0 Å². The molecule has 2 aliphatic rings. The molecule has 1 unspecified atom stereocenters. The summed E-state index contributed by atoms with van der Waals surface area (Å²) in [6, 6.07) is 0.372. The summed E-state index contributed by atoms with van der Waals surface area (Å²) in [6.07, 6.45) is 5.79. The molecule has 9 heteroatoms. The number of guanidine groups is 1. The molecule has 2 aliphatic heterocycles. The van der Waals surface area contributed by atoms with Crippen molar-refractivity contribution in [3.05, 3.63) is 0 Å². The average Bonchev–Trinajstić information content (AvgIpc) is 2.69. The first-order valence-corrected chi connectivity index (χ1v) is 10.2. The number of aliphatic imine (C=N–C) groups is 1. The van der Waals surface area contributed by atoms with Gasteiger partial charge in [-0.25, -0.2) is 4.99 Å². The summed E-state index contributed by atoms with van der Waals surface area (Å²) >= 11 is 0. The molecule has 0 radical (unpaired) electrons. The fourth-order valence-corrected chi connectivity index (χ4v) is 3.33. The van der Waals surface area contributed by atoms with E-state index in [1.807, 2.05) is 0 Å². The van der Waals surface area contributed by atoms with Crippen LogP contribution >= 0.6 is 24.0 Å². The topological polar surface area (TPSA) is 78.4 Å². The smallest absolute Gasteiger partial charge is 0.243 e. The molecular weight excluding hydrogens is 473 g/mol. The molecule has 2 rings (SSSR count). The maximum absolute atomic E-state index is 11.9. The van der Waals surface area contributed by atoms with Crippen molar-refractivity contribution in [3.63, 3.8) is 0 Å². The van der Waals surface area contributed by atoms with Crippen LogP contribution in [-0.2, 0) is 14.3 Å². The number of piperidine rings is 1. The molecule has 1 amide bonds. The summed E-state index contributed by atoms with van der Waals surface area (Å²) in [7, 11) is 5.25. The van der Waals surface area contributed by atoms with Crippen molar-refractivity contribution in [2.24, 2.45) is 4.99 Å². The van der Waals surface area contributed by atoms with Gasteiger partial charge in [0.2, 0.25) is 5.91 Å². The molecule has 2 N–H and O–H groups in total. The van der Waals surface area contributed by atoms with Gasteiger partial charge in [-0.05, 0) is 32.1 Å². The summed E-state index contributed by atoms with van der Waals surface area (Å²) in [4.78, 5) is 20.4. The first-order chi connectivity index (χ1) is 13.1. The predicted octanol–water partition coefficient (Wildman–Crippen LogP) is 0.908. The van der Waals surface area contributed by atoms with E-state index in [4.69, 9.17) is 9.47 Å². The quantitative estimate of drug-likeness (QED) is 0.287. The van der Waals surface area contributed by atoms with E-state index in [1.54, 1.807) is 26.1 Å². The largest absolute Gasteiger partial charge is 0.383 e. The number of hydrogen-bond donors (Lipinski definition) is 2. The van der Waals surface area contributed by atoms with Crippen LogP contribution in [0.1, 0.15) is 32.1 Å². The van der Waals surface area contributed by atoms with Crippen molar-refractivity contribution >= 4 is 35.8 Å². The van der Waals surface area contributed by atoms with Crippen LogP contribution < -0.4 is 10.6 Å². The molecule has 0 saturated carbocycles. The highest BCUT2D eigenvalue weighted by atomic mass is 127. The molecule has 0 aromatic heterocycles. The normalized spacial score (nSPS) is 21.7. The van der Waals surface area contributed by atoms with Gasteiger partial charge in [-0.15, -0.1) is 24.0 Å². The van der Waals surface area contributed by atoms with E-state index in [1.165, 1.54) is 6.42 Å². The Balaban J connectivity index is 0.00000392. The molecule has 1 atom stereocenters. The van der Waals surface area contributed by atoms with Gasteiger partial charge in [0.15, 0.2) is 5.96 Å². The number of likely N-dealkylation sites (N-methyl/N-ethyl adjacent to an activating group) is 1. The van der Waals surface area contributed by atoms with Gasteiger partial charge >= 0.3 is 0 Å². The molecule has 0 spiro atoms. The van der Waals surface area contributed by atoms with Crippen LogP contribution in [0.2, 0.25) is 0 Å². The Morgan fingerprint density at radius 2 is 2.00 bits per heavy atom. The number of hydrogen-bond acceptors (Lipinski definition) is 5. The SMILES string of the molecule is COCCN1CCC(NC(=NCC(=O)N(C)C)NCC2CCCCO2)CC1.I. The second kappa shape index (κ2) is 14.4. The average molecular weight is 511 g/mol. The number of ether oxygens (including phenoxy) is 2. The van der Waals surface area contributed by atoms with Crippen LogP contribution in [0.4, 0.5) is 0 Å². The zero-order valence-corrected chi connectivity index (χ0v) is 19.9. The van der Waals surface area contributed by atoms with E-state index in [0.29, 0.717) is 6.04 Å². The Morgan fingerprint density at radius 1 is 1.25 bits per heavy atom. The molecular formula is C19H38IN5O3. The van der Waals surface area contributed by atoms with E-state index in [0.717, 1.165) is 71.0 Å². The fourth-order valence-electron chi connectivity index (χ4n) is 3.33. The first kappa shape index (κ1) is 25.4. The van der Waals surface area contributed by atoms with E-state index >= 15 is 0 Å². The Labute approximate surface area is 186 Å². The predicted molar refractivity (Wildman–Crippen MR) is 122 cm³/mol. The maximum Gasteiger partial charge on any atom is 0.243 e. The third kappa shape index (κ3) is 9.71. The maximum atomic E-state index is 11.9. The van der Waals surface area contributed by atoms with Crippen LogP contribution in [0.15, 0.2) is 4.99 Å². The summed E-state index contributed by atoms with van der Waals surface area (Å²) in [5, 5.41) is 6.91. The van der Waals surface area contributed by atoms with Gasteiger partial charge in [-0.2, -0.15) is 0 Å². The molecule has 2 fully saturated rings. The molecule has 2 saturated heterocycles. The van der Waals surface area contributed by atoms with E-state index < -0.39 is 0 Å². The van der Waals surface area contributed by atoms with Gasteiger partial charge in [0.1, 0.15) is 6.54 Å². The summed E-state index contributed by atoms with van der Waals surface area (Å²) in [5.74, 6) is 0.717. The van der Waals surface area contributed by atoms with Crippen LogP contribution in [0, 0.1) is 0 Å². The second-order valence-corrected chi connectivity index (χ2v) is 7.58. The van der Waals surface area contributed by atoms with Gasteiger partial charge < -0.3 is 29.9 Å². The minimum atomic E-state index is -0.000554. The molecule has 8 nitrogen and oxygen atoms in total. The molecule has 164 valence electrons. The fraction of sp³-hybridized carbons (Fsp3) is 0.895. The zero-order chi connectivity index (χ0) is 19.5. The van der Waals surface area contributed by atoms with E-state index in [-0.39, 0.29) is 42.5 Å². The third-order valence-corrected chi connectivity index (χ3v) is 5.18. The second-order valence-electron chi connectivity index (χ2n) is 7.58. The standard InChI is InChI=1S/C19H37N5O3.HI/c1-23(2)18(25)15-21-19(20-14-17-6-4-5-12-27-17)22-16-7-9-24(10-8-16)11-13-26-3;/h16-17H,4-15H2,1-3H3,(H2,20,21,22);1H. The Morgan fingerprint density at radius 3 is 2.61 bits per heavy atom. The van der Waals surface area contributed by atoms with Crippen LogP contribution in [-0.4, -0.2) is 101 Å². The van der Waals surface area contributed by atoms with Gasteiger partial charge in [0, 0.05) is 60.0 Å². The molecule has 0 bridgehead atoms. The van der Waals surface area contributed by atoms with Crippen molar-refractivity contribution in [1.82, 2.24) is 20.4 Å². The van der Waals surface area contributed by atoms with Crippen LogP contribution in [0.5, 0.6) is 0 Å². The van der Waals surface area contributed by atoms with Crippen molar-refractivity contribution in [3.8, 4) is 0 Å². The summed E-state index contributed by atoms with van der Waals surface area (Å²) in [5.41, 5.74) is 0. The molecule has 0 aliphatic carbocycles. The minimum absolute atomic E-state index is 0. The molecule has 0 aromatic rings. The van der Waals surface area contributed by atoms with Crippen LogP contribution in [0.3, 0.4) is 0 Å². The number of halogens is 1. The first-order valence-electron chi connectivity index (χ1n) is 10.2. The number of methoxy groups -OCH3 is 1. The lowest BCUT2D eigenvalue weighted by Crippen LogP contribution is -2.50. The Bertz CT molecular complexity index is 464. The lowest BCUT2D eigenvalue weighted by atomic mass is 10.1. The highest BCUT2D eigenvalue weighted by molar-refractivity contribution is 14.0. The number of carbonyl (C=O) groups excluding carboxylic acids is 1. The minimum Gasteiger partial charge on any atom is -0.383 e. The van der Waals surface area contributed by atoms with Gasteiger partial charge in [0.05, 0.1) is 12.7 Å². The Hall–Kier alpha value is -0.650. The summed E-state index contributed by atoms with van der Waals surface area (Å²) < 4.78 is 11.0. The van der Waals surface area contributed by atoms with Crippen molar-refractivity contribution in [1.29, 1.82) is 0 Å². The van der Waals surface area contributed by atoms with Crippen molar-refractivity contribution in [2.45, 2.75) is 44.2 Å². The van der Waals surface area contributed by atoms with Crippen molar-refractivity contribution < 1.29 is 14.3 Å². The van der Waals surface area contributed by atoms with Crippen molar-refractivity contribution in [2.75, 3.05) is 67.1 Å². The lowest BCUT2D eigenvalue weighted by molar-refractivity contribution is -0.127. The molecule has 0 aromatic carbocycles. The summed E-state index contributed by atoms with van der Waals surface area (Å²) in [6.45, 7) is 5.59. The number of rotatable bonds is 8. The lowest BCUT2D eigenvalue weighted by Gasteiger charge is -2.33. The number of carbonyl (C=O) groups is 1. The van der Waals surface area contributed by atoms with Crippen LogP contribution in [0.25, 0.3) is 0 Å². The monoisotopic (exact) mass is 511 g/mol. The zero-order valence-electron chi connectivity index (χ0n) is 17.6. The van der Waals surface area contributed by atoms with E-state index in [2.05, 4.69) is 20.5 Å². The highest BCUT2D eigenvalue weighted by Gasteiger charge is 2.21. The number of nitrogens with zero attached hydrogens (tertiary/aromatic N) is 3. The van der Waals surface area contributed by atoms with Gasteiger partial charge in [-0.1, -0.05) is 0 Å². The van der Waals surface area contributed by atoms with E-state index in [9.17, 15) is 4.79 Å². The number of nitrogens with one attached hydrogen (secondary N) is 2. The molecule has 28 heavy (non-hydrogen) atoms. The third-order valence-electron chi connectivity index (χ3n) is 5.18. The Kier molecular flexibility index (Phi) is 13.0. The number of amides is 1. The molecule has 2 heterocycles. The van der Waals surface area contributed by atoms with Gasteiger partial charge in [-0.3, -0.25) is 4.79 Å².